The molecule has 1 aliphatic rings. The van der Waals surface area contributed by atoms with E-state index in [4.69, 9.17) is 0 Å². The van der Waals surface area contributed by atoms with Crippen molar-refractivity contribution in [3.05, 3.63) is 20.8 Å². The first kappa shape index (κ1) is 17.0. The van der Waals surface area contributed by atoms with Crippen molar-refractivity contribution < 1.29 is 4.79 Å². The monoisotopic (exact) mass is 371 g/mol. The Labute approximate surface area is 141 Å². The fourth-order valence-corrected chi connectivity index (χ4v) is 4.75. The van der Waals surface area contributed by atoms with E-state index >= 15 is 0 Å². The zero-order valence-electron chi connectivity index (χ0n) is 13.1. The number of thiophene rings is 1. The summed E-state index contributed by atoms with van der Waals surface area (Å²) < 4.78 is 1.11. The van der Waals surface area contributed by atoms with Crippen molar-refractivity contribution in [2.75, 3.05) is 7.05 Å². The summed E-state index contributed by atoms with van der Waals surface area (Å²) in [5.74, 6) is 1.47. The molecule has 1 aliphatic carbocycles. The Morgan fingerprint density at radius 3 is 2.67 bits per heavy atom. The summed E-state index contributed by atoms with van der Waals surface area (Å²) in [7, 11) is 1.94. The predicted octanol–water partition coefficient (Wildman–Crippen LogP) is 5.47. The number of rotatable bonds is 6. The molecule has 118 valence electrons. The molecule has 0 spiro atoms. The Kier molecular flexibility index (Phi) is 6.74. The molecule has 1 saturated carbocycles. The van der Waals surface area contributed by atoms with Gasteiger partial charge in [-0.05, 0) is 53.6 Å². The highest BCUT2D eigenvalue weighted by Crippen LogP contribution is 2.33. The Morgan fingerprint density at radius 1 is 1.38 bits per heavy atom. The second-order valence-electron chi connectivity index (χ2n) is 6.29. The summed E-state index contributed by atoms with van der Waals surface area (Å²) in [5.41, 5.74) is 0. The van der Waals surface area contributed by atoms with Crippen molar-refractivity contribution in [1.29, 1.82) is 0 Å². The van der Waals surface area contributed by atoms with Gasteiger partial charge in [0, 0.05) is 27.7 Å². The number of hydrogen-bond acceptors (Lipinski definition) is 2. The van der Waals surface area contributed by atoms with Gasteiger partial charge in [0.2, 0.25) is 5.91 Å². The third-order valence-corrected chi connectivity index (χ3v) is 6.24. The van der Waals surface area contributed by atoms with Gasteiger partial charge in [0.15, 0.2) is 0 Å². The van der Waals surface area contributed by atoms with E-state index < -0.39 is 0 Å². The number of carbonyl (C=O) groups excluding carboxylic acids is 1. The van der Waals surface area contributed by atoms with Gasteiger partial charge in [0.1, 0.15) is 0 Å². The van der Waals surface area contributed by atoms with Crippen LogP contribution in [0.4, 0.5) is 0 Å². The van der Waals surface area contributed by atoms with Crippen LogP contribution in [0.5, 0.6) is 0 Å². The van der Waals surface area contributed by atoms with Crippen molar-refractivity contribution in [3.63, 3.8) is 0 Å². The molecule has 2 rings (SSSR count). The van der Waals surface area contributed by atoms with E-state index in [1.54, 1.807) is 11.3 Å². The molecule has 1 aromatic heterocycles. The fourth-order valence-electron chi connectivity index (χ4n) is 3.25. The minimum Gasteiger partial charge on any atom is -0.340 e. The van der Waals surface area contributed by atoms with Crippen LogP contribution >= 0.6 is 27.3 Å². The summed E-state index contributed by atoms with van der Waals surface area (Å²) in [6.45, 7) is 3.00. The topological polar surface area (TPSA) is 20.3 Å². The lowest BCUT2D eigenvalue weighted by molar-refractivity contribution is -0.136. The van der Waals surface area contributed by atoms with E-state index in [1.165, 1.54) is 37.0 Å². The van der Waals surface area contributed by atoms with Gasteiger partial charge in [0.25, 0.3) is 0 Å². The van der Waals surface area contributed by atoms with Crippen molar-refractivity contribution in [3.8, 4) is 0 Å². The number of nitrogens with zero attached hydrogens (tertiary/aromatic N) is 1. The van der Waals surface area contributed by atoms with Gasteiger partial charge < -0.3 is 4.90 Å². The summed E-state index contributed by atoms with van der Waals surface area (Å²) in [6, 6.07) is 2.11. The molecule has 0 saturated heterocycles. The maximum atomic E-state index is 12.5. The summed E-state index contributed by atoms with van der Waals surface area (Å²) in [5, 5.41) is 2.08. The van der Waals surface area contributed by atoms with Crippen LogP contribution in [0.3, 0.4) is 0 Å². The van der Waals surface area contributed by atoms with Gasteiger partial charge in [-0.25, -0.2) is 0 Å². The van der Waals surface area contributed by atoms with Crippen LogP contribution in [0.2, 0.25) is 0 Å². The quantitative estimate of drug-likeness (QED) is 0.649. The molecule has 2 nitrogen and oxygen atoms in total. The van der Waals surface area contributed by atoms with Crippen LogP contribution in [-0.4, -0.2) is 17.9 Å². The standard InChI is InChI=1S/C17H26BrNOS/c1-3-4-5-13-6-8-14(9-7-13)17(20)19(2)11-16-10-15(18)12-21-16/h10,12-14H,3-9,11H2,1-2H3. The Bertz CT molecular complexity index is 451. The lowest BCUT2D eigenvalue weighted by Gasteiger charge is -2.30. The molecule has 0 aliphatic heterocycles. The fraction of sp³-hybridized carbons (Fsp3) is 0.706. The molecular weight excluding hydrogens is 346 g/mol. The lowest BCUT2D eigenvalue weighted by Crippen LogP contribution is -2.34. The van der Waals surface area contributed by atoms with E-state index in [0.717, 1.165) is 29.8 Å². The normalized spacial score (nSPS) is 22.2. The van der Waals surface area contributed by atoms with Gasteiger partial charge in [-0.2, -0.15) is 0 Å². The highest BCUT2D eigenvalue weighted by atomic mass is 79.9. The molecule has 0 aromatic carbocycles. The van der Waals surface area contributed by atoms with Gasteiger partial charge in [0.05, 0.1) is 6.54 Å². The predicted molar refractivity (Wildman–Crippen MR) is 93.5 cm³/mol. The third kappa shape index (κ3) is 5.10. The number of carbonyl (C=O) groups is 1. The van der Waals surface area contributed by atoms with E-state index in [0.29, 0.717) is 5.91 Å². The van der Waals surface area contributed by atoms with Gasteiger partial charge in [-0.15, -0.1) is 11.3 Å². The summed E-state index contributed by atoms with van der Waals surface area (Å²) in [6.07, 6.45) is 8.66. The van der Waals surface area contributed by atoms with E-state index in [2.05, 4.69) is 34.3 Å². The van der Waals surface area contributed by atoms with E-state index in [1.807, 2.05) is 11.9 Å². The Morgan fingerprint density at radius 2 is 2.10 bits per heavy atom. The van der Waals surface area contributed by atoms with Crippen LogP contribution < -0.4 is 0 Å². The molecule has 0 unspecified atom stereocenters. The zero-order valence-corrected chi connectivity index (χ0v) is 15.5. The van der Waals surface area contributed by atoms with Crippen LogP contribution in [0.1, 0.15) is 56.7 Å². The van der Waals surface area contributed by atoms with E-state index in [-0.39, 0.29) is 5.92 Å². The van der Waals surface area contributed by atoms with Crippen molar-refractivity contribution in [1.82, 2.24) is 4.90 Å². The molecule has 1 amide bonds. The van der Waals surface area contributed by atoms with Crippen molar-refractivity contribution in [2.45, 2.75) is 58.4 Å². The van der Waals surface area contributed by atoms with Crippen LogP contribution in [-0.2, 0) is 11.3 Å². The minimum absolute atomic E-state index is 0.260. The minimum atomic E-state index is 0.260. The first-order chi connectivity index (χ1) is 10.1. The number of unbranched alkanes of at least 4 members (excludes halogenated alkanes) is 1. The molecule has 21 heavy (non-hydrogen) atoms. The maximum absolute atomic E-state index is 12.5. The molecule has 0 N–H and O–H groups in total. The van der Waals surface area contributed by atoms with Gasteiger partial charge in [-0.1, -0.05) is 26.2 Å². The van der Waals surface area contributed by atoms with Crippen LogP contribution in [0, 0.1) is 11.8 Å². The molecule has 0 atom stereocenters. The van der Waals surface area contributed by atoms with Gasteiger partial charge >= 0.3 is 0 Å². The zero-order chi connectivity index (χ0) is 15.2. The largest absolute Gasteiger partial charge is 0.340 e. The molecule has 1 aromatic rings. The first-order valence-corrected chi connectivity index (χ1v) is 9.75. The molecule has 1 heterocycles. The average Bonchev–Trinajstić information content (AvgIpc) is 2.90. The summed E-state index contributed by atoms with van der Waals surface area (Å²) in [4.78, 5) is 15.7. The smallest absolute Gasteiger partial charge is 0.225 e. The summed E-state index contributed by atoms with van der Waals surface area (Å²) >= 11 is 5.18. The number of halogens is 1. The number of amides is 1. The first-order valence-electron chi connectivity index (χ1n) is 8.08. The Balaban J connectivity index is 1.78. The van der Waals surface area contributed by atoms with Crippen LogP contribution in [0.25, 0.3) is 0 Å². The molecule has 1 fully saturated rings. The average molecular weight is 372 g/mol. The van der Waals surface area contributed by atoms with Crippen molar-refractivity contribution >= 4 is 33.2 Å². The van der Waals surface area contributed by atoms with Gasteiger partial charge in [-0.3, -0.25) is 4.79 Å². The number of hydrogen-bond donors (Lipinski definition) is 0. The maximum Gasteiger partial charge on any atom is 0.225 e. The molecule has 4 heteroatoms. The molecule has 0 radical (unpaired) electrons. The SMILES string of the molecule is CCCCC1CCC(C(=O)N(C)Cc2cc(Br)cs2)CC1. The van der Waals surface area contributed by atoms with Crippen LogP contribution in [0.15, 0.2) is 15.9 Å². The Hall–Kier alpha value is -0.350. The molecule has 0 bridgehead atoms. The highest BCUT2D eigenvalue weighted by molar-refractivity contribution is 9.10. The second kappa shape index (κ2) is 8.33. The molecular formula is C17H26BrNOS. The second-order valence-corrected chi connectivity index (χ2v) is 8.20. The van der Waals surface area contributed by atoms with E-state index in [9.17, 15) is 4.79 Å². The lowest BCUT2D eigenvalue weighted by atomic mass is 9.79. The highest BCUT2D eigenvalue weighted by Gasteiger charge is 2.28. The third-order valence-electron chi connectivity index (χ3n) is 4.55. The van der Waals surface area contributed by atoms with Crippen molar-refractivity contribution in [2.24, 2.45) is 11.8 Å².